The Bertz CT molecular complexity index is 773. The lowest BCUT2D eigenvalue weighted by atomic mass is 10.1. The van der Waals surface area contributed by atoms with Gasteiger partial charge >= 0.3 is 0 Å². The highest BCUT2D eigenvalue weighted by Gasteiger charge is 2.31. The Morgan fingerprint density at radius 1 is 1.33 bits per heavy atom. The third kappa shape index (κ3) is 4.99. The summed E-state index contributed by atoms with van der Waals surface area (Å²) in [6.45, 7) is 9.26. The third-order valence-corrected chi connectivity index (χ3v) is 5.15. The molecule has 0 saturated carbocycles. The molecule has 1 aromatic heterocycles. The molecule has 0 bridgehead atoms. The largest absolute Gasteiger partial charge is 0.352 e. The van der Waals surface area contributed by atoms with E-state index in [0.29, 0.717) is 41.3 Å². The summed E-state index contributed by atoms with van der Waals surface area (Å²) in [5.41, 5.74) is 0.866. The number of rotatable bonds is 5. The zero-order valence-electron chi connectivity index (χ0n) is 16.2. The van der Waals surface area contributed by atoms with Gasteiger partial charge in [-0.05, 0) is 44.0 Å². The van der Waals surface area contributed by atoms with Gasteiger partial charge in [0, 0.05) is 42.8 Å². The fourth-order valence-corrected chi connectivity index (χ4v) is 3.31. The number of halogens is 1. The van der Waals surface area contributed by atoms with Gasteiger partial charge in [-0.3, -0.25) is 9.89 Å². The minimum Gasteiger partial charge on any atom is -0.352 e. The van der Waals surface area contributed by atoms with Crippen LogP contribution in [0, 0.1) is 5.92 Å². The van der Waals surface area contributed by atoms with Crippen molar-refractivity contribution in [2.75, 3.05) is 20.1 Å². The number of nitrogens with zero attached hydrogens (tertiary/aromatic N) is 4. The van der Waals surface area contributed by atoms with Gasteiger partial charge in [0.1, 0.15) is 0 Å². The zero-order valence-corrected chi connectivity index (χ0v) is 17.0. The first-order valence-corrected chi connectivity index (χ1v) is 9.63. The van der Waals surface area contributed by atoms with E-state index < -0.39 is 0 Å². The van der Waals surface area contributed by atoms with E-state index in [9.17, 15) is 0 Å². The quantitative estimate of drug-likeness (QED) is 0.603. The molecule has 0 radical (unpaired) electrons. The Labute approximate surface area is 165 Å². The molecule has 146 valence electrons. The summed E-state index contributed by atoms with van der Waals surface area (Å²) in [6.07, 6.45) is 0. The molecule has 1 aromatic carbocycles. The number of likely N-dealkylation sites (tertiary alicyclic amines) is 1. The number of guanidine groups is 1. The smallest absolute Gasteiger partial charge is 0.246 e. The van der Waals surface area contributed by atoms with Crippen molar-refractivity contribution in [2.45, 2.75) is 39.4 Å². The molecule has 0 spiro atoms. The summed E-state index contributed by atoms with van der Waals surface area (Å²) in [5, 5.41) is 11.5. The molecule has 2 unspecified atom stereocenters. The van der Waals surface area contributed by atoms with Crippen molar-refractivity contribution in [3.05, 3.63) is 35.2 Å². The van der Waals surface area contributed by atoms with Gasteiger partial charge in [-0.1, -0.05) is 23.7 Å². The Hall–Kier alpha value is -2.12. The van der Waals surface area contributed by atoms with E-state index in [4.69, 9.17) is 16.1 Å². The predicted octanol–water partition coefficient (Wildman–Crippen LogP) is 2.78. The number of benzene rings is 1. The summed E-state index contributed by atoms with van der Waals surface area (Å²) in [5.74, 6) is 2.35. The van der Waals surface area contributed by atoms with Gasteiger partial charge in [-0.15, -0.1) is 0 Å². The first-order chi connectivity index (χ1) is 13.0. The molecule has 1 saturated heterocycles. The van der Waals surface area contributed by atoms with Crippen molar-refractivity contribution in [3.8, 4) is 11.4 Å². The van der Waals surface area contributed by atoms with Gasteiger partial charge < -0.3 is 15.2 Å². The molecular weight excluding hydrogens is 364 g/mol. The summed E-state index contributed by atoms with van der Waals surface area (Å²) in [7, 11) is 1.77. The minimum absolute atomic E-state index is 0.367. The Balaban J connectivity index is 1.55. The van der Waals surface area contributed by atoms with Crippen LogP contribution in [-0.2, 0) is 6.54 Å². The van der Waals surface area contributed by atoms with Crippen LogP contribution < -0.4 is 10.6 Å². The SMILES string of the molecule is CN=C(NCc1nc(-c2ccc(Cl)cc2)no1)NC1CN(C(C)C)CC1C. The molecule has 1 aliphatic heterocycles. The number of aromatic nitrogens is 2. The monoisotopic (exact) mass is 390 g/mol. The van der Waals surface area contributed by atoms with Crippen LogP contribution in [0.3, 0.4) is 0 Å². The molecular formula is C19H27ClN6O. The maximum atomic E-state index is 5.91. The fourth-order valence-electron chi connectivity index (χ4n) is 3.19. The van der Waals surface area contributed by atoms with E-state index in [1.54, 1.807) is 19.2 Å². The molecule has 7 nitrogen and oxygen atoms in total. The first-order valence-electron chi connectivity index (χ1n) is 9.26. The van der Waals surface area contributed by atoms with Crippen molar-refractivity contribution in [1.82, 2.24) is 25.7 Å². The van der Waals surface area contributed by atoms with Crippen molar-refractivity contribution in [2.24, 2.45) is 10.9 Å². The molecule has 2 aromatic rings. The maximum Gasteiger partial charge on any atom is 0.246 e. The van der Waals surface area contributed by atoms with Crippen LogP contribution in [-0.4, -0.2) is 53.2 Å². The summed E-state index contributed by atoms with van der Waals surface area (Å²) in [4.78, 5) is 11.2. The zero-order chi connectivity index (χ0) is 19.4. The lowest BCUT2D eigenvalue weighted by molar-refractivity contribution is 0.265. The molecule has 1 aliphatic rings. The lowest BCUT2D eigenvalue weighted by Crippen LogP contribution is -2.46. The van der Waals surface area contributed by atoms with Gasteiger partial charge in [0.25, 0.3) is 0 Å². The van der Waals surface area contributed by atoms with Gasteiger partial charge in [0.05, 0.1) is 6.54 Å². The van der Waals surface area contributed by atoms with Gasteiger partial charge in [0.15, 0.2) is 5.96 Å². The number of hydrogen-bond acceptors (Lipinski definition) is 5. The van der Waals surface area contributed by atoms with Crippen LogP contribution >= 0.6 is 11.6 Å². The number of hydrogen-bond donors (Lipinski definition) is 2. The van der Waals surface area contributed by atoms with Crippen molar-refractivity contribution < 1.29 is 4.52 Å². The third-order valence-electron chi connectivity index (χ3n) is 4.89. The predicted molar refractivity (Wildman–Crippen MR) is 108 cm³/mol. The van der Waals surface area contributed by atoms with E-state index in [-0.39, 0.29) is 0 Å². The minimum atomic E-state index is 0.367. The Morgan fingerprint density at radius 3 is 2.70 bits per heavy atom. The summed E-state index contributed by atoms with van der Waals surface area (Å²) < 4.78 is 5.34. The van der Waals surface area contributed by atoms with E-state index in [1.807, 2.05) is 12.1 Å². The maximum absolute atomic E-state index is 5.91. The average molecular weight is 391 g/mol. The molecule has 0 aliphatic carbocycles. The lowest BCUT2D eigenvalue weighted by Gasteiger charge is -2.21. The van der Waals surface area contributed by atoms with Crippen LogP contribution in [0.5, 0.6) is 0 Å². The van der Waals surface area contributed by atoms with Gasteiger partial charge in [-0.25, -0.2) is 0 Å². The second-order valence-corrected chi connectivity index (χ2v) is 7.66. The van der Waals surface area contributed by atoms with Crippen LogP contribution in [0.15, 0.2) is 33.8 Å². The average Bonchev–Trinajstić information content (AvgIpc) is 3.26. The highest BCUT2D eigenvalue weighted by molar-refractivity contribution is 6.30. The topological polar surface area (TPSA) is 78.6 Å². The van der Waals surface area contributed by atoms with Crippen molar-refractivity contribution in [3.63, 3.8) is 0 Å². The molecule has 27 heavy (non-hydrogen) atoms. The second-order valence-electron chi connectivity index (χ2n) is 7.22. The standard InChI is InChI=1S/C19H27ClN6O/c1-12(2)26-10-13(3)16(11-26)23-19(21-4)22-9-17-24-18(25-27-17)14-5-7-15(20)8-6-14/h5-8,12-13,16H,9-11H2,1-4H3,(H2,21,22,23). The first kappa shape index (κ1) is 19.6. The van der Waals surface area contributed by atoms with Gasteiger partial charge in [0.2, 0.25) is 11.7 Å². The summed E-state index contributed by atoms with van der Waals surface area (Å²) >= 11 is 5.91. The Kier molecular flexibility index (Phi) is 6.34. The van der Waals surface area contributed by atoms with Crippen LogP contribution in [0.25, 0.3) is 11.4 Å². The van der Waals surface area contributed by atoms with E-state index in [2.05, 4.69) is 51.4 Å². The van der Waals surface area contributed by atoms with Crippen LogP contribution in [0.1, 0.15) is 26.7 Å². The van der Waals surface area contributed by atoms with Crippen LogP contribution in [0.2, 0.25) is 5.02 Å². The van der Waals surface area contributed by atoms with E-state index in [0.717, 1.165) is 24.6 Å². The molecule has 8 heteroatoms. The molecule has 2 heterocycles. The number of nitrogens with one attached hydrogen (secondary N) is 2. The van der Waals surface area contributed by atoms with E-state index >= 15 is 0 Å². The molecule has 1 fully saturated rings. The molecule has 2 atom stereocenters. The normalized spacial score (nSPS) is 21.0. The Morgan fingerprint density at radius 2 is 2.07 bits per heavy atom. The number of aliphatic imine (C=N–C) groups is 1. The second kappa shape index (κ2) is 8.71. The summed E-state index contributed by atoms with van der Waals surface area (Å²) in [6, 6.07) is 8.27. The van der Waals surface area contributed by atoms with Crippen LogP contribution in [0.4, 0.5) is 0 Å². The molecule has 2 N–H and O–H groups in total. The highest BCUT2D eigenvalue weighted by atomic mass is 35.5. The van der Waals surface area contributed by atoms with E-state index in [1.165, 1.54) is 0 Å². The van der Waals surface area contributed by atoms with Crippen molar-refractivity contribution >= 4 is 17.6 Å². The van der Waals surface area contributed by atoms with Crippen molar-refractivity contribution in [1.29, 1.82) is 0 Å². The highest BCUT2D eigenvalue weighted by Crippen LogP contribution is 2.19. The molecule has 3 rings (SSSR count). The van der Waals surface area contributed by atoms with Gasteiger partial charge in [-0.2, -0.15) is 4.98 Å². The fraction of sp³-hybridized carbons (Fsp3) is 0.526. The molecule has 0 amide bonds.